The minimum absolute atomic E-state index is 0.142. The van der Waals surface area contributed by atoms with Crippen molar-refractivity contribution in [3.63, 3.8) is 0 Å². The van der Waals surface area contributed by atoms with E-state index in [0.717, 1.165) is 17.7 Å². The van der Waals surface area contributed by atoms with Crippen molar-refractivity contribution in [2.45, 2.75) is 39.3 Å². The van der Waals surface area contributed by atoms with Gasteiger partial charge >= 0.3 is 6.09 Å². The highest BCUT2D eigenvalue weighted by molar-refractivity contribution is 6.17. The lowest BCUT2D eigenvalue weighted by molar-refractivity contribution is 0.0224. The predicted octanol–water partition coefficient (Wildman–Crippen LogP) is 3.55. The Morgan fingerprint density at radius 3 is 2.75 bits per heavy atom. The molecule has 0 N–H and O–H groups in total. The Balaban J connectivity index is 2.06. The largest absolute Gasteiger partial charge is 0.478 e. The molecule has 1 amide bonds. The second-order valence-electron chi connectivity index (χ2n) is 5.84. The number of alkyl halides is 1. The van der Waals surface area contributed by atoms with Crippen LogP contribution in [0, 0.1) is 0 Å². The Hall–Kier alpha value is -1.42. The summed E-state index contributed by atoms with van der Waals surface area (Å²) in [5.74, 6) is 0.768. The Kier molecular flexibility index (Phi) is 4.43. The number of hydrogen-bond donors (Lipinski definition) is 0. The fourth-order valence-electron chi connectivity index (χ4n) is 2.16. The highest BCUT2D eigenvalue weighted by Crippen LogP contribution is 2.25. The van der Waals surface area contributed by atoms with Crippen LogP contribution in [0.5, 0.6) is 5.75 Å². The second-order valence-corrected chi connectivity index (χ2v) is 6.05. The Morgan fingerprint density at radius 1 is 1.35 bits per heavy atom. The van der Waals surface area contributed by atoms with Crippen LogP contribution >= 0.6 is 11.6 Å². The maximum absolute atomic E-state index is 12.1. The number of amides is 1. The molecule has 4 nitrogen and oxygen atoms in total. The molecule has 20 heavy (non-hydrogen) atoms. The number of carbonyl (C=O) groups excluding carboxylic acids is 1. The molecule has 1 aromatic carbocycles. The molecule has 1 aliphatic heterocycles. The first-order valence-electron chi connectivity index (χ1n) is 6.67. The van der Waals surface area contributed by atoms with E-state index in [-0.39, 0.29) is 12.2 Å². The Bertz CT molecular complexity index is 496. The molecular weight excluding hydrogens is 278 g/mol. The van der Waals surface area contributed by atoms with E-state index in [1.165, 1.54) is 5.56 Å². The third-order valence-electron chi connectivity index (χ3n) is 3.06. The topological polar surface area (TPSA) is 38.8 Å². The van der Waals surface area contributed by atoms with Crippen LogP contribution in [0.15, 0.2) is 18.2 Å². The highest BCUT2D eigenvalue weighted by Gasteiger charge is 2.25. The van der Waals surface area contributed by atoms with Gasteiger partial charge in [0.15, 0.2) is 6.07 Å². The molecule has 0 radical (unpaired) electrons. The lowest BCUT2D eigenvalue weighted by Gasteiger charge is -2.31. The maximum Gasteiger partial charge on any atom is 0.410 e. The number of nitrogens with zero attached hydrogens (tertiary/aromatic N) is 1. The summed E-state index contributed by atoms with van der Waals surface area (Å²) >= 11 is 5.55. The van der Waals surface area contributed by atoms with Crippen LogP contribution in [0.25, 0.3) is 0 Å². The number of fused-ring (bicyclic) bond motifs is 1. The van der Waals surface area contributed by atoms with Gasteiger partial charge in [0.05, 0.1) is 0 Å². The molecule has 5 heteroatoms. The number of ether oxygens (including phenoxy) is 2. The molecule has 0 fully saturated rings. The summed E-state index contributed by atoms with van der Waals surface area (Å²) < 4.78 is 10.7. The van der Waals surface area contributed by atoms with Gasteiger partial charge in [-0.2, -0.15) is 0 Å². The molecule has 0 unspecified atom stereocenters. The van der Waals surface area contributed by atoms with Gasteiger partial charge in [-0.1, -0.05) is 17.7 Å². The molecule has 1 heterocycles. The number of hydrogen-bond acceptors (Lipinski definition) is 3. The normalized spacial score (nSPS) is 14.7. The van der Waals surface area contributed by atoms with Crippen LogP contribution in [0.3, 0.4) is 0 Å². The van der Waals surface area contributed by atoms with Crippen LogP contribution in [0.2, 0.25) is 0 Å². The minimum Gasteiger partial charge on any atom is -0.478 e. The number of rotatable bonds is 2. The molecule has 0 saturated carbocycles. The molecule has 1 aromatic rings. The molecule has 0 spiro atoms. The van der Waals surface area contributed by atoms with Gasteiger partial charge in [-0.25, -0.2) is 4.79 Å². The van der Waals surface area contributed by atoms with Crippen molar-refractivity contribution in [2.24, 2.45) is 0 Å². The predicted molar refractivity (Wildman–Crippen MR) is 78.1 cm³/mol. The first-order valence-corrected chi connectivity index (χ1v) is 7.21. The average molecular weight is 298 g/mol. The zero-order valence-electron chi connectivity index (χ0n) is 12.1. The standard InChI is InChI=1S/C15H20ClNO3/c1-15(2,3)20-14(18)17-7-6-11-8-13(19-10-16)5-4-12(11)9-17/h4-5,8H,6-7,9-10H2,1-3H3. The van der Waals surface area contributed by atoms with Gasteiger partial charge in [-0.05, 0) is 50.5 Å². The molecule has 0 saturated heterocycles. The van der Waals surface area contributed by atoms with Gasteiger partial charge in [0.2, 0.25) is 0 Å². The quantitative estimate of drug-likeness (QED) is 0.784. The van der Waals surface area contributed by atoms with Gasteiger partial charge in [-0.15, -0.1) is 0 Å². The highest BCUT2D eigenvalue weighted by atomic mass is 35.5. The number of carbonyl (C=O) groups is 1. The lowest BCUT2D eigenvalue weighted by atomic mass is 10.00. The summed E-state index contributed by atoms with van der Waals surface area (Å²) in [6.07, 6.45) is 0.540. The molecule has 110 valence electrons. The number of benzene rings is 1. The van der Waals surface area contributed by atoms with Crippen molar-refractivity contribution in [3.8, 4) is 5.75 Å². The van der Waals surface area contributed by atoms with Crippen molar-refractivity contribution in [1.82, 2.24) is 4.90 Å². The van der Waals surface area contributed by atoms with Gasteiger partial charge in [0.1, 0.15) is 11.4 Å². The molecule has 0 atom stereocenters. The van der Waals surface area contributed by atoms with Crippen molar-refractivity contribution in [1.29, 1.82) is 0 Å². The van der Waals surface area contributed by atoms with E-state index < -0.39 is 5.60 Å². The van der Waals surface area contributed by atoms with E-state index in [0.29, 0.717) is 13.1 Å². The number of halogens is 1. The summed E-state index contributed by atoms with van der Waals surface area (Å²) in [6, 6.07) is 5.99. The van der Waals surface area contributed by atoms with Gasteiger partial charge in [0, 0.05) is 13.1 Å². The van der Waals surface area contributed by atoms with Crippen LogP contribution in [-0.4, -0.2) is 29.2 Å². The SMILES string of the molecule is CC(C)(C)OC(=O)N1CCc2cc(OCCl)ccc2C1. The average Bonchev–Trinajstić information content (AvgIpc) is 2.36. The molecule has 0 aromatic heterocycles. The monoisotopic (exact) mass is 297 g/mol. The molecule has 2 rings (SSSR count). The summed E-state index contributed by atoms with van der Waals surface area (Å²) in [7, 11) is 0. The molecular formula is C15H20ClNO3. The van der Waals surface area contributed by atoms with E-state index in [1.807, 2.05) is 39.0 Å². The van der Waals surface area contributed by atoms with Crippen LogP contribution in [0.1, 0.15) is 31.9 Å². The minimum atomic E-state index is -0.463. The summed E-state index contributed by atoms with van der Waals surface area (Å²) in [6.45, 7) is 6.85. The van der Waals surface area contributed by atoms with Gasteiger partial charge in [0.25, 0.3) is 0 Å². The van der Waals surface area contributed by atoms with Crippen LogP contribution < -0.4 is 4.74 Å². The van der Waals surface area contributed by atoms with Crippen LogP contribution in [-0.2, 0) is 17.7 Å². The smallest absolute Gasteiger partial charge is 0.410 e. The Morgan fingerprint density at radius 2 is 2.10 bits per heavy atom. The third kappa shape index (κ3) is 3.79. The first-order chi connectivity index (χ1) is 9.39. The van der Waals surface area contributed by atoms with Gasteiger partial charge < -0.3 is 14.4 Å². The second kappa shape index (κ2) is 5.92. The van der Waals surface area contributed by atoms with E-state index in [9.17, 15) is 4.79 Å². The first kappa shape index (κ1) is 15.0. The lowest BCUT2D eigenvalue weighted by Crippen LogP contribution is -2.39. The molecule has 1 aliphatic rings. The van der Waals surface area contributed by atoms with E-state index in [4.69, 9.17) is 21.1 Å². The van der Waals surface area contributed by atoms with Crippen molar-refractivity contribution in [2.75, 3.05) is 12.6 Å². The summed E-state index contributed by atoms with van der Waals surface area (Å²) in [4.78, 5) is 13.8. The van der Waals surface area contributed by atoms with E-state index in [1.54, 1.807) is 4.90 Å². The summed E-state index contributed by atoms with van der Waals surface area (Å²) in [5, 5.41) is 0. The maximum atomic E-state index is 12.1. The fraction of sp³-hybridized carbons (Fsp3) is 0.533. The van der Waals surface area contributed by atoms with Gasteiger partial charge in [-0.3, -0.25) is 0 Å². The van der Waals surface area contributed by atoms with Crippen molar-refractivity contribution >= 4 is 17.7 Å². The van der Waals surface area contributed by atoms with Crippen molar-refractivity contribution in [3.05, 3.63) is 29.3 Å². The summed E-state index contributed by atoms with van der Waals surface area (Å²) in [5.41, 5.74) is 1.87. The zero-order chi connectivity index (χ0) is 14.8. The Labute approximate surface area is 124 Å². The zero-order valence-corrected chi connectivity index (χ0v) is 12.9. The molecule has 0 bridgehead atoms. The third-order valence-corrected chi connectivity index (χ3v) is 3.17. The fourth-order valence-corrected chi connectivity index (χ4v) is 2.29. The van der Waals surface area contributed by atoms with Crippen molar-refractivity contribution < 1.29 is 14.3 Å². The molecule has 0 aliphatic carbocycles. The van der Waals surface area contributed by atoms with Crippen LogP contribution in [0.4, 0.5) is 4.79 Å². The van der Waals surface area contributed by atoms with E-state index in [2.05, 4.69) is 0 Å². The van der Waals surface area contributed by atoms with E-state index >= 15 is 0 Å².